The molecule has 0 radical (unpaired) electrons. The molecular weight excluding hydrogens is 388 g/mol. The minimum absolute atomic E-state index is 0.123. The molecule has 4 N–H and O–H groups in total. The largest absolute Gasteiger partial charge is 0.490 e. The Balaban J connectivity index is 1.66. The lowest BCUT2D eigenvalue weighted by Crippen LogP contribution is -2.49. The van der Waals surface area contributed by atoms with Crippen LogP contribution in [0.4, 0.5) is 5.69 Å². The van der Waals surface area contributed by atoms with E-state index in [1.807, 2.05) is 18.2 Å². The molecule has 7 nitrogen and oxygen atoms in total. The SMILES string of the molecule is Cc1nc(C(=O)Nc2ccc3c(c2)C(C)(CSC(=N)N)C2CCCC[C@H]2O3)co1. The number of aromatic nitrogens is 1. The van der Waals surface area contributed by atoms with Crippen molar-refractivity contribution >= 4 is 28.5 Å². The topological polar surface area (TPSA) is 114 Å². The summed E-state index contributed by atoms with van der Waals surface area (Å²) in [6, 6.07) is 5.78. The molecule has 29 heavy (non-hydrogen) atoms. The highest BCUT2D eigenvalue weighted by atomic mass is 32.2. The number of ether oxygens (including phenoxy) is 1. The van der Waals surface area contributed by atoms with Gasteiger partial charge in [0.1, 0.15) is 18.1 Å². The fourth-order valence-electron chi connectivity index (χ4n) is 4.56. The van der Waals surface area contributed by atoms with E-state index in [2.05, 4.69) is 17.2 Å². The Labute approximate surface area is 174 Å². The number of carbonyl (C=O) groups is 1. The number of benzene rings is 1. The maximum absolute atomic E-state index is 12.5. The molecule has 1 aliphatic carbocycles. The number of oxazole rings is 1. The number of hydrogen-bond donors (Lipinski definition) is 3. The first kappa shape index (κ1) is 19.8. The summed E-state index contributed by atoms with van der Waals surface area (Å²) in [7, 11) is 0. The summed E-state index contributed by atoms with van der Waals surface area (Å²) in [5.41, 5.74) is 7.46. The van der Waals surface area contributed by atoms with Gasteiger partial charge in [-0.2, -0.15) is 0 Å². The maximum atomic E-state index is 12.5. The van der Waals surface area contributed by atoms with Crippen LogP contribution in [0.1, 0.15) is 54.5 Å². The van der Waals surface area contributed by atoms with E-state index in [0.717, 1.165) is 24.2 Å². The molecule has 4 rings (SSSR count). The van der Waals surface area contributed by atoms with Crippen molar-refractivity contribution in [2.24, 2.45) is 11.7 Å². The Hall–Kier alpha value is -2.48. The third-order valence-electron chi connectivity index (χ3n) is 6.03. The first-order chi connectivity index (χ1) is 13.9. The number of amidine groups is 1. The maximum Gasteiger partial charge on any atom is 0.277 e. The van der Waals surface area contributed by atoms with E-state index >= 15 is 0 Å². The molecule has 2 aliphatic rings. The van der Waals surface area contributed by atoms with Crippen LogP contribution in [0.5, 0.6) is 5.75 Å². The predicted molar refractivity (Wildman–Crippen MR) is 114 cm³/mol. The minimum Gasteiger partial charge on any atom is -0.490 e. The van der Waals surface area contributed by atoms with Crippen molar-refractivity contribution in [2.75, 3.05) is 11.1 Å². The summed E-state index contributed by atoms with van der Waals surface area (Å²) in [6.45, 7) is 3.94. The Morgan fingerprint density at radius 1 is 1.41 bits per heavy atom. The average molecular weight is 415 g/mol. The summed E-state index contributed by atoms with van der Waals surface area (Å²) < 4.78 is 11.5. The van der Waals surface area contributed by atoms with Gasteiger partial charge in [0.05, 0.1) is 0 Å². The standard InChI is InChI=1S/C21H26N4O3S/c1-12-24-16(10-27-12)19(26)25-13-7-8-18-15(9-13)21(2,11-29-20(22)23)14-5-3-4-6-17(14)28-18/h7-10,14,17H,3-6,11H2,1-2H3,(H3,22,23)(H,25,26)/t14?,17-,21?/m1/s1. The number of nitrogens with zero attached hydrogens (tertiary/aromatic N) is 1. The molecule has 1 saturated carbocycles. The van der Waals surface area contributed by atoms with Crippen LogP contribution >= 0.6 is 11.8 Å². The highest BCUT2D eigenvalue weighted by molar-refractivity contribution is 8.13. The summed E-state index contributed by atoms with van der Waals surface area (Å²) in [6.07, 6.45) is 6.04. The van der Waals surface area contributed by atoms with E-state index in [1.165, 1.54) is 30.9 Å². The van der Waals surface area contributed by atoms with Gasteiger partial charge in [-0.15, -0.1) is 0 Å². The van der Waals surface area contributed by atoms with Crippen molar-refractivity contribution in [3.05, 3.63) is 41.6 Å². The molecule has 0 bridgehead atoms. The van der Waals surface area contributed by atoms with Gasteiger partial charge in [0.25, 0.3) is 5.91 Å². The highest BCUT2D eigenvalue weighted by Crippen LogP contribution is 2.51. The van der Waals surface area contributed by atoms with Crippen LogP contribution in [0.25, 0.3) is 0 Å². The van der Waals surface area contributed by atoms with Crippen molar-refractivity contribution in [3.63, 3.8) is 0 Å². The zero-order valence-corrected chi connectivity index (χ0v) is 17.5. The quantitative estimate of drug-likeness (QED) is 0.513. The van der Waals surface area contributed by atoms with Crippen LogP contribution in [0.3, 0.4) is 0 Å². The average Bonchev–Trinajstić information content (AvgIpc) is 3.14. The first-order valence-electron chi connectivity index (χ1n) is 9.88. The number of anilines is 1. The third-order valence-corrected chi connectivity index (χ3v) is 7.09. The molecule has 1 aromatic carbocycles. The molecular formula is C21H26N4O3S. The Bertz CT molecular complexity index is 944. The van der Waals surface area contributed by atoms with E-state index in [-0.39, 0.29) is 28.3 Å². The van der Waals surface area contributed by atoms with Gasteiger partial charge in [0.15, 0.2) is 16.8 Å². The number of fused-ring (bicyclic) bond motifs is 2. The van der Waals surface area contributed by atoms with Gasteiger partial charge in [0.2, 0.25) is 0 Å². The number of hydrogen-bond acceptors (Lipinski definition) is 6. The summed E-state index contributed by atoms with van der Waals surface area (Å²) in [5, 5.41) is 10.7. The molecule has 2 unspecified atom stereocenters. The van der Waals surface area contributed by atoms with E-state index in [9.17, 15) is 4.79 Å². The minimum atomic E-state index is -0.311. The molecule has 3 atom stereocenters. The predicted octanol–water partition coefficient (Wildman–Crippen LogP) is 4.07. The van der Waals surface area contributed by atoms with Gasteiger partial charge in [0, 0.05) is 35.3 Å². The smallest absolute Gasteiger partial charge is 0.277 e. The molecule has 154 valence electrons. The van der Waals surface area contributed by atoms with Crippen LogP contribution in [0.2, 0.25) is 0 Å². The Kier molecular flexibility index (Phi) is 5.29. The van der Waals surface area contributed by atoms with Gasteiger partial charge in [-0.25, -0.2) is 4.98 Å². The number of nitrogens with two attached hydrogens (primary N) is 1. The van der Waals surface area contributed by atoms with Crippen LogP contribution in [0.15, 0.2) is 28.9 Å². The van der Waals surface area contributed by atoms with E-state index in [0.29, 0.717) is 23.2 Å². The lowest BCUT2D eigenvalue weighted by molar-refractivity contribution is 0.0294. The highest BCUT2D eigenvalue weighted by Gasteiger charge is 2.47. The van der Waals surface area contributed by atoms with Gasteiger partial charge in [-0.1, -0.05) is 25.1 Å². The van der Waals surface area contributed by atoms with Gasteiger partial charge < -0.3 is 20.2 Å². The molecule has 2 heterocycles. The molecule has 2 aromatic rings. The number of aryl methyl sites for hydroxylation is 1. The zero-order chi connectivity index (χ0) is 20.6. The van der Waals surface area contributed by atoms with Gasteiger partial charge in [-0.3, -0.25) is 10.2 Å². The van der Waals surface area contributed by atoms with E-state index in [4.69, 9.17) is 20.3 Å². The van der Waals surface area contributed by atoms with Crippen molar-refractivity contribution in [2.45, 2.75) is 51.0 Å². The first-order valence-corrected chi connectivity index (χ1v) is 10.9. The number of rotatable bonds is 4. The van der Waals surface area contributed by atoms with Crippen molar-refractivity contribution in [3.8, 4) is 5.75 Å². The van der Waals surface area contributed by atoms with Gasteiger partial charge >= 0.3 is 0 Å². The van der Waals surface area contributed by atoms with E-state index < -0.39 is 0 Å². The number of thioether (sulfide) groups is 1. The number of nitrogens with one attached hydrogen (secondary N) is 2. The van der Waals surface area contributed by atoms with Crippen LogP contribution in [-0.4, -0.2) is 27.9 Å². The second-order valence-electron chi connectivity index (χ2n) is 8.03. The Morgan fingerprint density at radius 2 is 2.21 bits per heavy atom. The summed E-state index contributed by atoms with van der Waals surface area (Å²) >= 11 is 1.37. The lowest BCUT2D eigenvalue weighted by atomic mass is 9.64. The van der Waals surface area contributed by atoms with Crippen molar-refractivity contribution in [1.29, 1.82) is 5.41 Å². The molecule has 0 saturated heterocycles. The fraction of sp³-hybridized carbons (Fsp3) is 0.476. The van der Waals surface area contributed by atoms with Crippen LogP contribution in [0, 0.1) is 18.3 Å². The number of carbonyl (C=O) groups excluding carboxylic acids is 1. The molecule has 1 fully saturated rings. The summed E-state index contributed by atoms with van der Waals surface area (Å²) in [4.78, 5) is 16.6. The molecule has 1 aromatic heterocycles. The molecule has 1 aliphatic heterocycles. The monoisotopic (exact) mass is 414 g/mol. The van der Waals surface area contributed by atoms with Crippen LogP contribution < -0.4 is 15.8 Å². The molecule has 1 amide bonds. The normalized spacial score (nSPS) is 25.4. The second kappa shape index (κ2) is 7.74. The lowest BCUT2D eigenvalue weighted by Gasteiger charge is -2.49. The summed E-state index contributed by atoms with van der Waals surface area (Å²) in [5.74, 6) is 2.06. The fourth-order valence-corrected chi connectivity index (χ4v) is 5.39. The van der Waals surface area contributed by atoms with Crippen molar-refractivity contribution in [1.82, 2.24) is 4.98 Å². The zero-order valence-electron chi connectivity index (χ0n) is 16.7. The number of amides is 1. The Morgan fingerprint density at radius 3 is 2.93 bits per heavy atom. The second-order valence-corrected chi connectivity index (χ2v) is 9.05. The van der Waals surface area contributed by atoms with Crippen LogP contribution in [-0.2, 0) is 5.41 Å². The van der Waals surface area contributed by atoms with Gasteiger partial charge in [-0.05, 0) is 37.5 Å². The van der Waals surface area contributed by atoms with Crippen molar-refractivity contribution < 1.29 is 13.9 Å². The third kappa shape index (κ3) is 3.85. The molecule has 8 heteroatoms. The van der Waals surface area contributed by atoms with E-state index in [1.54, 1.807) is 6.92 Å². The molecule has 0 spiro atoms.